The van der Waals surface area contributed by atoms with Crippen LogP contribution in [0.5, 0.6) is 0 Å². The molecule has 106 valence electrons. The van der Waals surface area contributed by atoms with Crippen LogP contribution in [-0.2, 0) is 10.0 Å². The summed E-state index contributed by atoms with van der Waals surface area (Å²) in [6.07, 6.45) is 0.332. The lowest BCUT2D eigenvalue weighted by atomic mass is 9.64. The van der Waals surface area contributed by atoms with Gasteiger partial charge in [0.05, 0.1) is 11.0 Å². The lowest BCUT2D eigenvalue weighted by Gasteiger charge is -2.50. The Morgan fingerprint density at radius 1 is 1.42 bits per heavy atom. The van der Waals surface area contributed by atoms with Crippen LogP contribution in [0.1, 0.15) is 25.8 Å². The summed E-state index contributed by atoms with van der Waals surface area (Å²) in [7, 11) is -3.71. The quantitative estimate of drug-likeness (QED) is 0.778. The van der Waals surface area contributed by atoms with Gasteiger partial charge in [0.25, 0.3) is 0 Å². The number of aliphatic hydroxyl groups is 1. The predicted molar refractivity (Wildman–Crippen MR) is 74.4 cm³/mol. The molecule has 19 heavy (non-hydrogen) atoms. The molecule has 0 spiro atoms. The molecule has 2 atom stereocenters. The number of anilines is 1. The molecule has 2 unspecified atom stereocenters. The van der Waals surface area contributed by atoms with Crippen molar-refractivity contribution in [3.8, 4) is 0 Å². The topological polar surface area (TPSA) is 92.4 Å². The highest BCUT2D eigenvalue weighted by Crippen LogP contribution is 2.42. The second-order valence-corrected chi connectivity index (χ2v) is 7.27. The Balaban J connectivity index is 2.28. The van der Waals surface area contributed by atoms with Gasteiger partial charge in [0.15, 0.2) is 0 Å². The van der Waals surface area contributed by atoms with Gasteiger partial charge in [-0.2, -0.15) is 0 Å². The maximum absolute atomic E-state index is 11.5. The van der Waals surface area contributed by atoms with Crippen molar-refractivity contribution in [3.63, 3.8) is 0 Å². The summed E-state index contributed by atoms with van der Waals surface area (Å²) in [5.74, 6) is 0. The van der Waals surface area contributed by atoms with Gasteiger partial charge < -0.3 is 10.4 Å². The number of benzene rings is 1. The number of rotatable bonds is 3. The third-order valence-corrected chi connectivity index (χ3v) is 5.19. The first kappa shape index (κ1) is 14.3. The zero-order chi connectivity index (χ0) is 14.4. The van der Waals surface area contributed by atoms with Crippen LogP contribution in [0.3, 0.4) is 0 Å². The predicted octanol–water partition coefficient (Wildman–Crippen LogP) is 1.21. The molecule has 0 bridgehead atoms. The van der Waals surface area contributed by atoms with E-state index < -0.39 is 10.0 Å². The van der Waals surface area contributed by atoms with Gasteiger partial charge in [0, 0.05) is 17.1 Å². The molecule has 0 saturated heterocycles. The second-order valence-electron chi connectivity index (χ2n) is 5.74. The molecule has 2 rings (SSSR count). The molecule has 0 amide bonds. The minimum Gasteiger partial charge on any atom is -0.392 e. The Bertz CT molecular complexity index is 596. The lowest BCUT2D eigenvalue weighted by molar-refractivity contribution is -0.0510. The van der Waals surface area contributed by atoms with Crippen LogP contribution < -0.4 is 10.5 Å². The Morgan fingerprint density at radius 3 is 2.53 bits per heavy atom. The average Bonchev–Trinajstić information content (AvgIpc) is 2.29. The van der Waals surface area contributed by atoms with Crippen molar-refractivity contribution in [2.24, 2.45) is 10.6 Å². The van der Waals surface area contributed by atoms with Crippen molar-refractivity contribution in [1.82, 2.24) is 0 Å². The van der Waals surface area contributed by atoms with Gasteiger partial charge in [-0.05, 0) is 31.0 Å². The Labute approximate surface area is 113 Å². The fourth-order valence-electron chi connectivity index (χ4n) is 2.41. The summed E-state index contributed by atoms with van der Waals surface area (Å²) in [6.45, 7) is 5.69. The highest BCUT2D eigenvalue weighted by molar-refractivity contribution is 7.89. The van der Waals surface area contributed by atoms with E-state index in [1.165, 1.54) is 6.07 Å². The number of sulfonamides is 1. The van der Waals surface area contributed by atoms with E-state index in [1.807, 2.05) is 19.9 Å². The van der Waals surface area contributed by atoms with E-state index in [9.17, 15) is 13.5 Å². The van der Waals surface area contributed by atoms with E-state index in [0.29, 0.717) is 12.0 Å². The van der Waals surface area contributed by atoms with Crippen molar-refractivity contribution >= 4 is 15.7 Å². The zero-order valence-corrected chi connectivity index (χ0v) is 12.2. The van der Waals surface area contributed by atoms with Crippen molar-refractivity contribution < 1.29 is 13.5 Å². The van der Waals surface area contributed by atoms with Crippen LogP contribution >= 0.6 is 0 Å². The first-order chi connectivity index (χ1) is 8.64. The molecule has 0 aliphatic heterocycles. The summed E-state index contributed by atoms with van der Waals surface area (Å²) in [4.78, 5) is 0.134. The van der Waals surface area contributed by atoms with E-state index >= 15 is 0 Å². The van der Waals surface area contributed by atoms with Crippen molar-refractivity contribution in [3.05, 3.63) is 23.8 Å². The first-order valence-electron chi connectivity index (χ1n) is 6.21. The average molecular weight is 284 g/mol. The highest BCUT2D eigenvalue weighted by Gasteiger charge is 2.47. The van der Waals surface area contributed by atoms with Crippen molar-refractivity contribution in [2.45, 2.75) is 44.2 Å². The van der Waals surface area contributed by atoms with Gasteiger partial charge in [-0.3, -0.25) is 0 Å². The molecule has 1 aromatic carbocycles. The Morgan fingerprint density at radius 2 is 2.05 bits per heavy atom. The maximum Gasteiger partial charge on any atom is 0.238 e. The van der Waals surface area contributed by atoms with Gasteiger partial charge in [-0.15, -0.1) is 0 Å². The second kappa shape index (κ2) is 4.47. The molecule has 0 heterocycles. The minimum atomic E-state index is -3.71. The van der Waals surface area contributed by atoms with Gasteiger partial charge in [0.1, 0.15) is 0 Å². The van der Waals surface area contributed by atoms with E-state index in [1.54, 1.807) is 13.0 Å². The monoisotopic (exact) mass is 284 g/mol. The van der Waals surface area contributed by atoms with Crippen LogP contribution in [0.2, 0.25) is 0 Å². The minimum absolute atomic E-state index is 0.122. The summed E-state index contributed by atoms with van der Waals surface area (Å²) < 4.78 is 22.9. The molecule has 1 saturated carbocycles. The number of primary sulfonamides is 1. The van der Waals surface area contributed by atoms with Crippen LogP contribution in [0, 0.1) is 12.3 Å². The van der Waals surface area contributed by atoms with Crippen LogP contribution in [0.15, 0.2) is 23.1 Å². The molecule has 4 N–H and O–H groups in total. The van der Waals surface area contributed by atoms with Gasteiger partial charge >= 0.3 is 0 Å². The standard InChI is InChI=1S/C13H20N2O3S/c1-8-9(5-4-6-10(8)19(14,17)18)15-11-7-12(16)13(11,2)3/h4-6,11-12,15-16H,7H2,1-3H3,(H2,14,17,18). The summed E-state index contributed by atoms with van der Waals surface area (Å²) in [6, 6.07) is 5.11. The third-order valence-electron chi connectivity index (χ3n) is 4.14. The maximum atomic E-state index is 11.5. The molecule has 1 aliphatic carbocycles. The van der Waals surface area contributed by atoms with Crippen LogP contribution in [-0.4, -0.2) is 25.7 Å². The summed E-state index contributed by atoms with van der Waals surface area (Å²) in [5, 5.41) is 18.2. The Kier molecular flexibility index (Phi) is 3.36. The molecule has 1 aliphatic rings. The molecule has 1 fully saturated rings. The largest absolute Gasteiger partial charge is 0.392 e. The molecule has 1 aromatic rings. The van der Waals surface area contributed by atoms with Gasteiger partial charge in [-0.1, -0.05) is 19.9 Å². The number of nitrogens with two attached hydrogens (primary N) is 1. The lowest BCUT2D eigenvalue weighted by Crippen LogP contribution is -2.57. The first-order valence-corrected chi connectivity index (χ1v) is 7.75. The third kappa shape index (κ3) is 2.48. The van der Waals surface area contributed by atoms with Gasteiger partial charge in [0.2, 0.25) is 10.0 Å². The molecular weight excluding hydrogens is 264 g/mol. The zero-order valence-electron chi connectivity index (χ0n) is 11.3. The van der Waals surface area contributed by atoms with E-state index in [0.717, 1.165) is 5.69 Å². The van der Waals surface area contributed by atoms with Crippen LogP contribution in [0.4, 0.5) is 5.69 Å². The van der Waals surface area contributed by atoms with Crippen molar-refractivity contribution in [1.29, 1.82) is 0 Å². The van der Waals surface area contributed by atoms with Gasteiger partial charge in [-0.25, -0.2) is 13.6 Å². The molecule has 0 radical (unpaired) electrons. The molecule has 5 nitrogen and oxygen atoms in total. The van der Waals surface area contributed by atoms with Crippen LogP contribution in [0.25, 0.3) is 0 Å². The number of hydrogen-bond acceptors (Lipinski definition) is 4. The number of nitrogens with one attached hydrogen (secondary N) is 1. The van der Waals surface area contributed by atoms with E-state index in [2.05, 4.69) is 5.32 Å². The summed E-state index contributed by atoms with van der Waals surface area (Å²) in [5.41, 5.74) is 1.14. The fourth-order valence-corrected chi connectivity index (χ4v) is 3.22. The molecule has 0 aromatic heterocycles. The van der Waals surface area contributed by atoms with Crippen molar-refractivity contribution in [2.75, 3.05) is 5.32 Å². The van der Waals surface area contributed by atoms with E-state index in [-0.39, 0.29) is 22.5 Å². The number of hydrogen-bond donors (Lipinski definition) is 3. The Hall–Kier alpha value is -1.11. The number of aliphatic hydroxyl groups excluding tert-OH is 1. The normalized spacial score (nSPS) is 25.7. The molecule has 6 heteroatoms. The summed E-state index contributed by atoms with van der Waals surface area (Å²) >= 11 is 0. The highest BCUT2D eigenvalue weighted by atomic mass is 32.2. The van der Waals surface area contributed by atoms with E-state index in [4.69, 9.17) is 5.14 Å². The SMILES string of the molecule is Cc1c(NC2CC(O)C2(C)C)cccc1S(N)(=O)=O. The molecular formula is C13H20N2O3S. The smallest absolute Gasteiger partial charge is 0.238 e. The fraction of sp³-hybridized carbons (Fsp3) is 0.538.